The van der Waals surface area contributed by atoms with Crippen LogP contribution in [0.1, 0.15) is 19.4 Å². The molecule has 0 aliphatic carbocycles. The van der Waals surface area contributed by atoms with Gasteiger partial charge in [-0.15, -0.1) is 0 Å². The number of nitrogens with two attached hydrogens (primary N) is 1. The van der Waals surface area contributed by atoms with Crippen LogP contribution in [0.4, 0.5) is 11.5 Å². The van der Waals surface area contributed by atoms with Crippen molar-refractivity contribution in [1.82, 2.24) is 4.98 Å². The molecule has 0 aliphatic heterocycles. The second kappa shape index (κ2) is 6.33. The quantitative estimate of drug-likeness (QED) is 0.748. The van der Waals surface area contributed by atoms with Gasteiger partial charge in [-0.2, -0.15) is 0 Å². The minimum absolute atomic E-state index is 0.722. The Morgan fingerprint density at radius 2 is 2.19 bits per heavy atom. The minimum atomic E-state index is 0.722. The van der Waals surface area contributed by atoms with E-state index in [9.17, 15) is 0 Å². The van der Waals surface area contributed by atoms with Gasteiger partial charge in [-0.05, 0) is 26.3 Å². The van der Waals surface area contributed by atoms with Crippen LogP contribution in [0, 0.1) is 6.92 Å². The van der Waals surface area contributed by atoms with E-state index in [0.717, 1.165) is 43.4 Å². The molecule has 1 rings (SSSR count). The van der Waals surface area contributed by atoms with Gasteiger partial charge >= 0.3 is 0 Å². The highest BCUT2D eigenvalue weighted by molar-refractivity contribution is 5.54. The molecule has 0 saturated heterocycles. The third-order valence-electron chi connectivity index (χ3n) is 2.55. The Morgan fingerprint density at radius 3 is 2.75 bits per heavy atom. The van der Waals surface area contributed by atoms with Crippen molar-refractivity contribution in [3.8, 4) is 0 Å². The Balaban J connectivity index is 2.67. The van der Waals surface area contributed by atoms with Gasteiger partial charge in [0, 0.05) is 37.6 Å². The van der Waals surface area contributed by atoms with Crippen molar-refractivity contribution in [3.05, 3.63) is 17.8 Å². The molecule has 1 aromatic rings. The number of nitrogen functional groups attached to an aromatic ring is 1. The van der Waals surface area contributed by atoms with Crippen LogP contribution in [0.2, 0.25) is 0 Å². The summed E-state index contributed by atoms with van der Waals surface area (Å²) in [6.07, 6.45) is 1.81. The van der Waals surface area contributed by atoms with E-state index in [4.69, 9.17) is 10.5 Å². The summed E-state index contributed by atoms with van der Waals surface area (Å²) in [6.45, 7) is 9.29. The fourth-order valence-corrected chi connectivity index (χ4v) is 1.45. The number of nitrogens with zero attached hydrogens (tertiary/aromatic N) is 2. The Labute approximate surface area is 97.4 Å². The third kappa shape index (κ3) is 3.38. The van der Waals surface area contributed by atoms with E-state index in [1.165, 1.54) is 0 Å². The van der Waals surface area contributed by atoms with E-state index >= 15 is 0 Å². The smallest absolute Gasteiger partial charge is 0.130 e. The fourth-order valence-electron chi connectivity index (χ4n) is 1.45. The molecule has 1 aromatic heterocycles. The Bertz CT molecular complexity index is 328. The van der Waals surface area contributed by atoms with Crippen LogP contribution < -0.4 is 10.6 Å². The van der Waals surface area contributed by atoms with Crippen molar-refractivity contribution in [2.24, 2.45) is 0 Å². The molecule has 0 saturated carbocycles. The van der Waals surface area contributed by atoms with Gasteiger partial charge < -0.3 is 15.4 Å². The first kappa shape index (κ1) is 12.8. The maximum Gasteiger partial charge on any atom is 0.130 e. The highest BCUT2D eigenvalue weighted by Gasteiger charge is 2.06. The number of ether oxygens (including phenoxy) is 1. The van der Waals surface area contributed by atoms with E-state index < -0.39 is 0 Å². The van der Waals surface area contributed by atoms with Crippen LogP contribution >= 0.6 is 0 Å². The lowest BCUT2D eigenvalue weighted by Crippen LogP contribution is -2.28. The summed E-state index contributed by atoms with van der Waals surface area (Å²) in [5, 5.41) is 0. The summed E-state index contributed by atoms with van der Waals surface area (Å²) in [5.74, 6) is 0.922. The Hall–Kier alpha value is -1.29. The molecule has 0 fully saturated rings. The number of aromatic nitrogens is 1. The highest BCUT2D eigenvalue weighted by atomic mass is 16.5. The number of hydrogen-bond donors (Lipinski definition) is 1. The van der Waals surface area contributed by atoms with Crippen molar-refractivity contribution in [3.63, 3.8) is 0 Å². The summed E-state index contributed by atoms with van der Waals surface area (Å²) >= 11 is 0. The van der Waals surface area contributed by atoms with Gasteiger partial charge in [0.15, 0.2) is 0 Å². The average molecular weight is 223 g/mol. The van der Waals surface area contributed by atoms with E-state index in [0.29, 0.717) is 0 Å². The van der Waals surface area contributed by atoms with E-state index in [1.807, 2.05) is 26.1 Å². The maximum absolute atomic E-state index is 5.87. The molecule has 16 heavy (non-hydrogen) atoms. The highest BCUT2D eigenvalue weighted by Crippen LogP contribution is 2.17. The number of aryl methyl sites for hydroxylation is 1. The van der Waals surface area contributed by atoms with Crippen LogP contribution in [0.25, 0.3) is 0 Å². The lowest BCUT2D eigenvalue weighted by molar-refractivity contribution is 0.154. The van der Waals surface area contributed by atoms with Crippen molar-refractivity contribution in [2.75, 3.05) is 36.9 Å². The third-order valence-corrected chi connectivity index (χ3v) is 2.55. The van der Waals surface area contributed by atoms with Crippen LogP contribution in [0.3, 0.4) is 0 Å². The number of pyridine rings is 1. The molecule has 90 valence electrons. The normalized spacial score (nSPS) is 10.4. The Morgan fingerprint density at radius 1 is 1.44 bits per heavy atom. The summed E-state index contributed by atoms with van der Waals surface area (Å²) in [5.41, 5.74) is 7.68. The summed E-state index contributed by atoms with van der Waals surface area (Å²) in [4.78, 5) is 6.54. The molecule has 1 heterocycles. The zero-order chi connectivity index (χ0) is 12.0. The standard InChI is InChI=1S/C12H21N3O/c1-4-15(6-7-16-5-2)12-8-11(13)10(3)9-14-12/h8-9H,4-7H2,1-3H3,(H2,13,14). The molecule has 0 spiro atoms. The number of anilines is 2. The SMILES string of the molecule is CCOCCN(CC)c1cc(N)c(C)cn1. The van der Waals surface area contributed by atoms with E-state index in [2.05, 4.69) is 16.8 Å². The van der Waals surface area contributed by atoms with Gasteiger partial charge in [0.25, 0.3) is 0 Å². The first-order chi connectivity index (χ1) is 7.69. The van der Waals surface area contributed by atoms with Crippen molar-refractivity contribution >= 4 is 11.5 Å². The molecular weight excluding hydrogens is 202 g/mol. The molecule has 0 atom stereocenters. The van der Waals surface area contributed by atoms with Crippen LogP contribution in [-0.4, -0.2) is 31.3 Å². The van der Waals surface area contributed by atoms with Crippen molar-refractivity contribution < 1.29 is 4.74 Å². The van der Waals surface area contributed by atoms with Gasteiger partial charge in [0.1, 0.15) is 5.82 Å². The molecule has 4 nitrogen and oxygen atoms in total. The molecule has 0 amide bonds. The molecule has 0 radical (unpaired) electrons. The second-order valence-corrected chi connectivity index (χ2v) is 3.68. The second-order valence-electron chi connectivity index (χ2n) is 3.68. The van der Waals surface area contributed by atoms with Crippen molar-refractivity contribution in [2.45, 2.75) is 20.8 Å². The van der Waals surface area contributed by atoms with Gasteiger partial charge in [0.05, 0.1) is 6.61 Å². The Kier molecular flexibility index (Phi) is 5.05. The lowest BCUT2D eigenvalue weighted by atomic mass is 10.2. The molecule has 2 N–H and O–H groups in total. The van der Waals surface area contributed by atoms with Gasteiger partial charge in [-0.1, -0.05) is 0 Å². The monoisotopic (exact) mass is 223 g/mol. The topological polar surface area (TPSA) is 51.4 Å². The average Bonchev–Trinajstić information content (AvgIpc) is 2.29. The molecule has 0 unspecified atom stereocenters. The summed E-state index contributed by atoms with van der Waals surface area (Å²) in [7, 11) is 0. The predicted octanol–water partition coefficient (Wildman–Crippen LogP) is 1.84. The van der Waals surface area contributed by atoms with Crippen LogP contribution in [0.5, 0.6) is 0 Å². The van der Waals surface area contributed by atoms with Gasteiger partial charge in [0.2, 0.25) is 0 Å². The molecule has 4 heteroatoms. The minimum Gasteiger partial charge on any atom is -0.398 e. The number of likely N-dealkylation sites (N-methyl/N-ethyl adjacent to an activating group) is 1. The van der Waals surface area contributed by atoms with Crippen LogP contribution in [0.15, 0.2) is 12.3 Å². The summed E-state index contributed by atoms with van der Waals surface area (Å²) in [6, 6.07) is 1.92. The first-order valence-corrected chi connectivity index (χ1v) is 5.73. The van der Waals surface area contributed by atoms with Gasteiger partial charge in [-0.25, -0.2) is 4.98 Å². The van der Waals surface area contributed by atoms with E-state index in [1.54, 1.807) is 0 Å². The first-order valence-electron chi connectivity index (χ1n) is 5.73. The molecule has 0 aliphatic rings. The zero-order valence-electron chi connectivity index (χ0n) is 10.4. The van der Waals surface area contributed by atoms with Crippen molar-refractivity contribution in [1.29, 1.82) is 0 Å². The molecule has 0 bridgehead atoms. The molecule has 0 aromatic carbocycles. The summed E-state index contributed by atoms with van der Waals surface area (Å²) < 4.78 is 5.34. The number of hydrogen-bond acceptors (Lipinski definition) is 4. The zero-order valence-corrected chi connectivity index (χ0v) is 10.4. The number of rotatable bonds is 6. The molecular formula is C12H21N3O. The maximum atomic E-state index is 5.87. The van der Waals surface area contributed by atoms with E-state index in [-0.39, 0.29) is 0 Å². The van der Waals surface area contributed by atoms with Gasteiger partial charge in [-0.3, -0.25) is 0 Å². The van der Waals surface area contributed by atoms with Crippen LogP contribution in [-0.2, 0) is 4.74 Å². The predicted molar refractivity (Wildman–Crippen MR) is 67.8 cm³/mol. The lowest BCUT2D eigenvalue weighted by Gasteiger charge is -2.22. The largest absolute Gasteiger partial charge is 0.398 e. The fraction of sp³-hybridized carbons (Fsp3) is 0.583.